The van der Waals surface area contributed by atoms with Crippen LogP contribution in [0.2, 0.25) is 0 Å². The SMILES string of the molecule is CCCn1ncnc1CN(C)Cc1ccccc1N. The number of hydrogen-bond donors (Lipinski definition) is 1. The van der Waals surface area contributed by atoms with Gasteiger partial charge in [-0.05, 0) is 25.1 Å². The summed E-state index contributed by atoms with van der Waals surface area (Å²) in [6, 6.07) is 7.96. The molecule has 0 radical (unpaired) electrons. The van der Waals surface area contributed by atoms with Gasteiger partial charge in [-0.2, -0.15) is 5.10 Å². The molecule has 19 heavy (non-hydrogen) atoms. The Labute approximate surface area is 114 Å². The molecule has 0 aliphatic carbocycles. The highest BCUT2D eigenvalue weighted by atomic mass is 15.3. The van der Waals surface area contributed by atoms with E-state index in [1.807, 2.05) is 22.9 Å². The van der Waals surface area contributed by atoms with Crippen LogP contribution in [0.1, 0.15) is 24.7 Å². The maximum atomic E-state index is 5.96. The number of aryl methyl sites for hydroxylation is 1. The zero-order valence-corrected chi connectivity index (χ0v) is 11.6. The lowest BCUT2D eigenvalue weighted by Gasteiger charge is -2.17. The van der Waals surface area contributed by atoms with Gasteiger partial charge in [-0.25, -0.2) is 9.67 Å². The molecule has 102 valence electrons. The smallest absolute Gasteiger partial charge is 0.141 e. The summed E-state index contributed by atoms with van der Waals surface area (Å²) in [4.78, 5) is 6.51. The zero-order valence-electron chi connectivity index (χ0n) is 11.6. The van der Waals surface area contributed by atoms with E-state index in [1.54, 1.807) is 6.33 Å². The molecule has 0 unspecified atom stereocenters. The van der Waals surface area contributed by atoms with E-state index in [4.69, 9.17) is 5.73 Å². The van der Waals surface area contributed by atoms with Gasteiger partial charge in [-0.1, -0.05) is 25.1 Å². The molecule has 0 aliphatic rings. The molecule has 0 spiro atoms. The molecule has 0 bridgehead atoms. The number of benzene rings is 1. The summed E-state index contributed by atoms with van der Waals surface area (Å²) >= 11 is 0. The van der Waals surface area contributed by atoms with E-state index in [2.05, 4.69) is 35.0 Å². The minimum atomic E-state index is 0.772. The third kappa shape index (κ3) is 3.54. The summed E-state index contributed by atoms with van der Waals surface area (Å²) in [5.74, 6) is 0.999. The Balaban J connectivity index is 1.99. The standard InChI is InChI=1S/C14H21N5/c1-3-8-19-14(16-11-17-19)10-18(2)9-12-6-4-5-7-13(12)15/h4-7,11H,3,8-10,15H2,1-2H3. The zero-order chi connectivity index (χ0) is 13.7. The van der Waals surface area contributed by atoms with Crippen LogP contribution < -0.4 is 5.73 Å². The molecule has 0 fully saturated rings. The number of hydrogen-bond acceptors (Lipinski definition) is 4. The molecule has 1 heterocycles. The fourth-order valence-electron chi connectivity index (χ4n) is 2.08. The quantitative estimate of drug-likeness (QED) is 0.805. The van der Waals surface area contributed by atoms with E-state index in [-0.39, 0.29) is 0 Å². The van der Waals surface area contributed by atoms with Crippen LogP contribution in [0.25, 0.3) is 0 Å². The predicted octanol–water partition coefficient (Wildman–Crippen LogP) is 1.90. The summed E-state index contributed by atoms with van der Waals surface area (Å²) in [7, 11) is 2.07. The molecule has 0 aliphatic heterocycles. The first-order valence-corrected chi connectivity index (χ1v) is 6.59. The topological polar surface area (TPSA) is 60.0 Å². The van der Waals surface area contributed by atoms with Crippen LogP contribution in [-0.2, 0) is 19.6 Å². The van der Waals surface area contributed by atoms with Crippen LogP contribution in [0.4, 0.5) is 5.69 Å². The van der Waals surface area contributed by atoms with E-state index >= 15 is 0 Å². The second kappa shape index (κ2) is 6.33. The van der Waals surface area contributed by atoms with Crippen molar-refractivity contribution in [3.63, 3.8) is 0 Å². The number of para-hydroxylation sites is 1. The molecule has 5 nitrogen and oxygen atoms in total. The van der Waals surface area contributed by atoms with E-state index in [0.29, 0.717) is 0 Å². The van der Waals surface area contributed by atoms with Gasteiger partial charge in [0.15, 0.2) is 0 Å². The Kier molecular flexibility index (Phi) is 4.52. The van der Waals surface area contributed by atoms with Crippen LogP contribution >= 0.6 is 0 Å². The number of aromatic nitrogens is 3. The lowest BCUT2D eigenvalue weighted by atomic mass is 10.2. The first-order chi connectivity index (χ1) is 9.20. The molecular formula is C14H21N5. The first-order valence-electron chi connectivity index (χ1n) is 6.59. The Morgan fingerprint density at radius 3 is 2.79 bits per heavy atom. The van der Waals surface area contributed by atoms with Crippen molar-refractivity contribution < 1.29 is 0 Å². The van der Waals surface area contributed by atoms with Crippen LogP contribution in [-0.4, -0.2) is 26.7 Å². The molecular weight excluding hydrogens is 238 g/mol. The summed E-state index contributed by atoms with van der Waals surface area (Å²) in [6.45, 7) is 4.64. The van der Waals surface area contributed by atoms with Crippen LogP contribution in [0.3, 0.4) is 0 Å². The van der Waals surface area contributed by atoms with Gasteiger partial charge in [0.05, 0.1) is 6.54 Å². The van der Waals surface area contributed by atoms with Crippen molar-refractivity contribution in [2.45, 2.75) is 33.0 Å². The second-order valence-corrected chi connectivity index (χ2v) is 4.77. The van der Waals surface area contributed by atoms with E-state index in [9.17, 15) is 0 Å². The molecule has 0 saturated carbocycles. The second-order valence-electron chi connectivity index (χ2n) is 4.77. The van der Waals surface area contributed by atoms with Gasteiger partial charge in [0.2, 0.25) is 0 Å². The number of nitrogen functional groups attached to an aromatic ring is 1. The van der Waals surface area contributed by atoms with Gasteiger partial charge in [-0.3, -0.25) is 4.90 Å². The predicted molar refractivity (Wildman–Crippen MR) is 76.3 cm³/mol. The minimum Gasteiger partial charge on any atom is -0.398 e. The number of anilines is 1. The lowest BCUT2D eigenvalue weighted by molar-refractivity contribution is 0.302. The van der Waals surface area contributed by atoms with Crippen molar-refractivity contribution in [3.05, 3.63) is 42.0 Å². The Morgan fingerprint density at radius 1 is 1.26 bits per heavy atom. The first kappa shape index (κ1) is 13.5. The maximum Gasteiger partial charge on any atom is 0.141 e. The molecule has 0 atom stereocenters. The molecule has 1 aromatic carbocycles. The average molecular weight is 259 g/mol. The number of nitrogens with zero attached hydrogens (tertiary/aromatic N) is 4. The van der Waals surface area contributed by atoms with Crippen molar-refractivity contribution in [2.24, 2.45) is 0 Å². The average Bonchev–Trinajstić information content (AvgIpc) is 2.80. The Morgan fingerprint density at radius 2 is 2.05 bits per heavy atom. The minimum absolute atomic E-state index is 0.772. The highest BCUT2D eigenvalue weighted by Gasteiger charge is 2.08. The van der Waals surface area contributed by atoms with E-state index < -0.39 is 0 Å². The highest BCUT2D eigenvalue weighted by molar-refractivity contribution is 5.46. The Hall–Kier alpha value is -1.88. The third-order valence-corrected chi connectivity index (χ3v) is 3.04. The molecule has 2 rings (SSSR count). The van der Waals surface area contributed by atoms with Crippen molar-refractivity contribution in [1.82, 2.24) is 19.7 Å². The summed E-state index contributed by atoms with van der Waals surface area (Å²) < 4.78 is 1.96. The van der Waals surface area contributed by atoms with Crippen molar-refractivity contribution in [3.8, 4) is 0 Å². The number of rotatable bonds is 6. The van der Waals surface area contributed by atoms with Crippen LogP contribution in [0.15, 0.2) is 30.6 Å². The van der Waals surface area contributed by atoms with Crippen molar-refractivity contribution >= 4 is 5.69 Å². The van der Waals surface area contributed by atoms with Gasteiger partial charge < -0.3 is 5.73 Å². The summed E-state index contributed by atoms with van der Waals surface area (Å²) in [6.07, 6.45) is 2.68. The summed E-state index contributed by atoms with van der Waals surface area (Å²) in [5, 5.41) is 4.24. The monoisotopic (exact) mass is 259 g/mol. The fraction of sp³-hybridized carbons (Fsp3) is 0.429. The third-order valence-electron chi connectivity index (χ3n) is 3.04. The molecule has 1 aromatic heterocycles. The van der Waals surface area contributed by atoms with Gasteiger partial charge in [-0.15, -0.1) is 0 Å². The molecule has 0 amide bonds. The van der Waals surface area contributed by atoms with Crippen LogP contribution in [0.5, 0.6) is 0 Å². The Bertz CT molecular complexity index is 520. The maximum absolute atomic E-state index is 5.96. The fourth-order valence-corrected chi connectivity index (χ4v) is 2.08. The van der Waals surface area contributed by atoms with Gasteiger partial charge in [0.25, 0.3) is 0 Å². The molecule has 5 heteroatoms. The summed E-state index contributed by atoms with van der Waals surface area (Å²) in [5.41, 5.74) is 7.94. The number of nitrogens with two attached hydrogens (primary N) is 1. The van der Waals surface area contributed by atoms with Crippen molar-refractivity contribution in [1.29, 1.82) is 0 Å². The van der Waals surface area contributed by atoms with E-state index in [1.165, 1.54) is 0 Å². The molecule has 2 aromatic rings. The van der Waals surface area contributed by atoms with Gasteiger partial charge >= 0.3 is 0 Å². The highest BCUT2D eigenvalue weighted by Crippen LogP contribution is 2.13. The van der Waals surface area contributed by atoms with Gasteiger partial charge in [0, 0.05) is 18.8 Å². The van der Waals surface area contributed by atoms with Crippen LogP contribution in [0, 0.1) is 0 Å². The molecule has 0 saturated heterocycles. The van der Waals surface area contributed by atoms with Gasteiger partial charge in [0.1, 0.15) is 12.2 Å². The lowest BCUT2D eigenvalue weighted by Crippen LogP contribution is -2.21. The molecule has 2 N–H and O–H groups in total. The normalized spacial score (nSPS) is 11.1. The van der Waals surface area contributed by atoms with E-state index in [0.717, 1.165) is 43.1 Å². The van der Waals surface area contributed by atoms with Crippen molar-refractivity contribution in [2.75, 3.05) is 12.8 Å². The largest absolute Gasteiger partial charge is 0.398 e.